The molecule has 0 amide bonds. The Balaban J connectivity index is 1.71. The first-order valence-corrected chi connectivity index (χ1v) is 10.9. The lowest BCUT2D eigenvalue weighted by Crippen LogP contribution is -2.33. The average molecular weight is 454 g/mol. The van der Waals surface area contributed by atoms with E-state index in [2.05, 4.69) is 9.97 Å². The molecule has 0 saturated heterocycles. The zero-order valence-electron chi connectivity index (χ0n) is 19.5. The molecule has 3 heterocycles. The van der Waals surface area contributed by atoms with Gasteiger partial charge in [0.05, 0.1) is 50.0 Å². The number of hydrogen-bond acceptors (Lipinski definition) is 5. The first kappa shape index (κ1) is 22.9. The van der Waals surface area contributed by atoms with Crippen molar-refractivity contribution in [3.05, 3.63) is 58.2 Å². The summed E-state index contributed by atoms with van der Waals surface area (Å²) in [5, 5.41) is 12.3. The number of benzene rings is 1. The van der Waals surface area contributed by atoms with Gasteiger partial charge in [-0.1, -0.05) is 0 Å². The van der Waals surface area contributed by atoms with E-state index in [-0.39, 0.29) is 16.4 Å². The van der Waals surface area contributed by atoms with Crippen LogP contribution in [-0.4, -0.2) is 51.0 Å². The number of halogens is 1. The van der Waals surface area contributed by atoms with Crippen LogP contribution in [0.1, 0.15) is 26.3 Å². The topological polar surface area (TPSA) is 85.0 Å². The van der Waals surface area contributed by atoms with Gasteiger partial charge in [0.2, 0.25) is 5.88 Å². The summed E-state index contributed by atoms with van der Waals surface area (Å²) in [6, 6.07) is 6.48. The van der Waals surface area contributed by atoms with E-state index in [4.69, 9.17) is 4.74 Å². The third kappa shape index (κ3) is 4.46. The quantitative estimate of drug-likeness (QED) is 0.240. The minimum atomic E-state index is -0.422. The largest absolute Gasteiger partial charge is 0.633 e. The number of aryl methyl sites for hydroxylation is 1. The fourth-order valence-corrected chi connectivity index (χ4v) is 4.00. The molecule has 0 saturated carbocycles. The van der Waals surface area contributed by atoms with E-state index in [0.717, 1.165) is 5.52 Å². The summed E-state index contributed by atoms with van der Waals surface area (Å²) in [5.74, 6) is -0.00782. The van der Waals surface area contributed by atoms with Crippen molar-refractivity contribution in [3.8, 4) is 17.0 Å². The molecular formula is C24H28FN5O3. The molecule has 1 aromatic carbocycles. The standard InChI is InChI=1S/C24H28FN5O3/c1-15(2)29-23-18-11-17(19(25)12-20(18)26-14-21(23)28(3)24(29)31)16-7-8-22(27-13-16)33-10-6-9-30(4,5)32/h7-8,11-15H,6,9-10H2,1-5H3. The van der Waals surface area contributed by atoms with Gasteiger partial charge in [-0.05, 0) is 26.0 Å². The number of aromatic nitrogens is 4. The van der Waals surface area contributed by atoms with Crippen LogP contribution in [0, 0.1) is 11.0 Å². The number of hydroxylamine groups is 3. The summed E-state index contributed by atoms with van der Waals surface area (Å²) in [5.41, 5.74) is 2.73. The number of rotatable bonds is 7. The minimum absolute atomic E-state index is 0.0654. The summed E-state index contributed by atoms with van der Waals surface area (Å²) in [4.78, 5) is 21.4. The highest BCUT2D eigenvalue weighted by Gasteiger charge is 2.18. The maximum absolute atomic E-state index is 15.0. The van der Waals surface area contributed by atoms with Gasteiger partial charge in [-0.3, -0.25) is 14.1 Å². The second kappa shape index (κ2) is 8.57. The second-order valence-corrected chi connectivity index (χ2v) is 9.03. The van der Waals surface area contributed by atoms with Crippen molar-refractivity contribution < 1.29 is 13.8 Å². The Hall–Kier alpha value is -3.30. The Bertz CT molecular complexity index is 1370. The van der Waals surface area contributed by atoms with Crippen LogP contribution >= 0.6 is 0 Å². The minimum Gasteiger partial charge on any atom is -0.633 e. The van der Waals surface area contributed by atoms with Gasteiger partial charge in [0.25, 0.3) is 0 Å². The number of quaternary nitrogens is 1. The first-order chi connectivity index (χ1) is 15.6. The molecule has 4 rings (SSSR count). The Morgan fingerprint density at radius 1 is 1.18 bits per heavy atom. The van der Waals surface area contributed by atoms with Gasteiger partial charge in [0, 0.05) is 54.4 Å². The third-order valence-electron chi connectivity index (χ3n) is 5.66. The number of imidazole rings is 1. The van der Waals surface area contributed by atoms with Crippen LogP contribution in [0.3, 0.4) is 0 Å². The summed E-state index contributed by atoms with van der Waals surface area (Å²) in [7, 11) is 4.88. The number of nitrogens with zero attached hydrogens (tertiary/aromatic N) is 5. The molecule has 0 atom stereocenters. The molecule has 0 bridgehead atoms. The maximum atomic E-state index is 15.0. The predicted molar refractivity (Wildman–Crippen MR) is 127 cm³/mol. The first-order valence-electron chi connectivity index (χ1n) is 10.9. The Morgan fingerprint density at radius 3 is 2.58 bits per heavy atom. The third-order valence-corrected chi connectivity index (χ3v) is 5.66. The van der Waals surface area contributed by atoms with E-state index in [0.29, 0.717) is 53.0 Å². The van der Waals surface area contributed by atoms with E-state index in [1.807, 2.05) is 13.8 Å². The van der Waals surface area contributed by atoms with Crippen LogP contribution in [0.2, 0.25) is 0 Å². The van der Waals surface area contributed by atoms with E-state index >= 15 is 4.39 Å². The molecule has 0 unspecified atom stereocenters. The average Bonchev–Trinajstić information content (AvgIpc) is 3.01. The van der Waals surface area contributed by atoms with Crippen molar-refractivity contribution >= 4 is 21.9 Å². The van der Waals surface area contributed by atoms with Crippen LogP contribution in [0.25, 0.3) is 33.1 Å². The highest BCUT2D eigenvalue weighted by Crippen LogP contribution is 2.32. The molecule has 0 radical (unpaired) electrons. The number of hydrogen-bond donors (Lipinski definition) is 0. The van der Waals surface area contributed by atoms with Crippen molar-refractivity contribution in [1.82, 2.24) is 19.1 Å². The SMILES string of the molecule is CC(C)n1c(=O)n(C)c2cnc3cc(F)c(-c4ccc(OCCC[N+](C)(C)[O-])nc4)cc3c21. The van der Waals surface area contributed by atoms with Crippen LogP contribution in [0.5, 0.6) is 5.88 Å². The van der Waals surface area contributed by atoms with E-state index in [1.54, 1.807) is 60.9 Å². The smallest absolute Gasteiger partial charge is 0.329 e. The van der Waals surface area contributed by atoms with Crippen LogP contribution < -0.4 is 10.4 Å². The summed E-state index contributed by atoms with van der Waals surface area (Å²) < 4.78 is 23.5. The van der Waals surface area contributed by atoms with Crippen LogP contribution in [0.4, 0.5) is 4.39 Å². The van der Waals surface area contributed by atoms with Gasteiger partial charge in [-0.25, -0.2) is 14.2 Å². The zero-order chi connectivity index (χ0) is 23.9. The molecule has 0 aliphatic rings. The van der Waals surface area contributed by atoms with Crippen molar-refractivity contribution in [2.24, 2.45) is 7.05 Å². The Morgan fingerprint density at radius 2 is 1.94 bits per heavy atom. The molecule has 0 aliphatic heterocycles. The number of pyridine rings is 2. The maximum Gasteiger partial charge on any atom is 0.329 e. The summed E-state index contributed by atoms with van der Waals surface area (Å²) >= 11 is 0. The monoisotopic (exact) mass is 453 g/mol. The summed E-state index contributed by atoms with van der Waals surface area (Å²) in [6.07, 6.45) is 3.77. The molecule has 9 heteroatoms. The Kier molecular flexibility index (Phi) is 5.94. The predicted octanol–water partition coefficient (Wildman–Crippen LogP) is 4.01. The van der Waals surface area contributed by atoms with Crippen molar-refractivity contribution in [2.45, 2.75) is 26.3 Å². The molecule has 0 N–H and O–H groups in total. The van der Waals surface area contributed by atoms with Gasteiger partial charge >= 0.3 is 5.69 Å². The van der Waals surface area contributed by atoms with Crippen molar-refractivity contribution in [3.63, 3.8) is 0 Å². The molecule has 8 nitrogen and oxygen atoms in total. The number of fused-ring (bicyclic) bond motifs is 3. The fraction of sp³-hybridized carbons (Fsp3) is 0.375. The highest BCUT2D eigenvalue weighted by atomic mass is 19.1. The van der Waals surface area contributed by atoms with Crippen LogP contribution in [0.15, 0.2) is 41.5 Å². The lowest BCUT2D eigenvalue weighted by molar-refractivity contribution is -0.840. The molecule has 3 aromatic heterocycles. The molecule has 0 spiro atoms. The normalized spacial score (nSPS) is 12.2. The van der Waals surface area contributed by atoms with E-state index < -0.39 is 5.82 Å². The molecule has 0 fully saturated rings. The molecular weight excluding hydrogens is 425 g/mol. The highest BCUT2D eigenvalue weighted by molar-refractivity contribution is 6.04. The lowest BCUT2D eigenvalue weighted by Gasteiger charge is -2.33. The van der Waals surface area contributed by atoms with E-state index in [9.17, 15) is 10.0 Å². The van der Waals surface area contributed by atoms with Crippen molar-refractivity contribution in [2.75, 3.05) is 27.2 Å². The van der Waals surface area contributed by atoms with Crippen molar-refractivity contribution in [1.29, 1.82) is 0 Å². The Labute approximate surface area is 191 Å². The van der Waals surface area contributed by atoms with E-state index in [1.165, 1.54) is 6.07 Å². The molecule has 4 aromatic rings. The lowest BCUT2D eigenvalue weighted by atomic mass is 10.0. The molecule has 174 valence electrons. The van der Waals surface area contributed by atoms with Crippen LogP contribution in [-0.2, 0) is 7.05 Å². The van der Waals surface area contributed by atoms with Gasteiger partial charge in [0.1, 0.15) is 5.82 Å². The molecule has 0 aliphatic carbocycles. The number of ether oxygens (including phenoxy) is 1. The zero-order valence-corrected chi connectivity index (χ0v) is 19.5. The molecule has 33 heavy (non-hydrogen) atoms. The fourth-order valence-electron chi connectivity index (χ4n) is 4.00. The second-order valence-electron chi connectivity index (χ2n) is 9.03. The van der Waals surface area contributed by atoms with Gasteiger partial charge < -0.3 is 14.6 Å². The van der Waals surface area contributed by atoms with Gasteiger partial charge in [-0.2, -0.15) is 0 Å². The van der Waals surface area contributed by atoms with Gasteiger partial charge in [-0.15, -0.1) is 0 Å². The summed E-state index contributed by atoms with van der Waals surface area (Å²) in [6.45, 7) is 4.71. The van der Waals surface area contributed by atoms with Gasteiger partial charge in [0.15, 0.2) is 0 Å².